The average molecular weight is 863 g/mol. The van der Waals surface area contributed by atoms with Gasteiger partial charge in [0.15, 0.2) is 0 Å². The van der Waals surface area contributed by atoms with Gasteiger partial charge in [0, 0.05) is 85.7 Å². The predicted molar refractivity (Wildman–Crippen MR) is 237 cm³/mol. The summed E-state index contributed by atoms with van der Waals surface area (Å²) in [5.74, 6) is 1.03. The lowest BCUT2D eigenvalue weighted by Gasteiger charge is -2.63. The highest BCUT2D eigenvalue weighted by molar-refractivity contribution is 5.97. The number of carbonyl (C=O) groups is 3. The number of nitrogens with one attached hydrogen (secondary N) is 3. The zero-order chi connectivity index (χ0) is 44.8. The Balaban J connectivity index is 0.794. The Bertz CT molecular complexity index is 2220. The van der Waals surface area contributed by atoms with Crippen molar-refractivity contribution in [3.05, 3.63) is 82.4 Å². The van der Waals surface area contributed by atoms with Gasteiger partial charge >= 0.3 is 0 Å². The minimum atomic E-state index is -1.13. The second-order valence-electron chi connectivity index (χ2n) is 19.5. The van der Waals surface area contributed by atoms with Crippen molar-refractivity contribution in [2.75, 3.05) is 44.8 Å². The Labute approximate surface area is 370 Å². The summed E-state index contributed by atoms with van der Waals surface area (Å²) in [5.41, 5.74) is 3.70. The van der Waals surface area contributed by atoms with Gasteiger partial charge in [-0.2, -0.15) is 5.26 Å². The van der Waals surface area contributed by atoms with Gasteiger partial charge < -0.3 is 44.9 Å². The first-order valence-corrected chi connectivity index (χ1v) is 22.3. The van der Waals surface area contributed by atoms with Crippen molar-refractivity contribution < 1.29 is 38.4 Å². The number of anilines is 1. The molecule has 1 spiro atoms. The first kappa shape index (κ1) is 44.3. The summed E-state index contributed by atoms with van der Waals surface area (Å²) < 4.78 is 25.0. The highest BCUT2D eigenvalue weighted by Crippen LogP contribution is 2.55. The van der Waals surface area contributed by atoms with Crippen molar-refractivity contribution in [1.29, 1.82) is 5.26 Å². The third-order valence-electron chi connectivity index (χ3n) is 14.4. The molecule has 3 aromatic carbocycles. The fraction of sp³-hybridized carbons (Fsp3) is 0.551. The number of carbonyl (C=O) groups excluding carboxylic acids is 3. The number of piperidine rings is 2. The number of aliphatic hydroxyl groups is 1. The number of benzene rings is 3. The zero-order valence-electron chi connectivity index (χ0n) is 37.6. The third kappa shape index (κ3) is 8.80. The van der Waals surface area contributed by atoms with E-state index in [2.05, 4.69) is 71.6 Å². The number of aliphatic hydroxyl groups excluding tert-OH is 1. The van der Waals surface area contributed by atoms with Gasteiger partial charge in [0.05, 0.1) is 42.6 Å². The Hall–Kier alpha value is -5.36. The lowest BCUT2D eigenvalue weighted by atomic mass is 9.49. The van der Waals surface area contributed by atoms with Gasteiger partial charge in [-0.3, -0.25) is 19.3 Å². The van der Waals surface area contributed by atoms with Gasteiger partial charge in [0.25, 0.3) is 11.8 Å². The van der Waals surface area contributed by atoms with Crippen LogP contribution in [0.5, 0.6) is 17.2 Å². The number of hydrogen-bond acceptors (Lipinski definition) is 11. The molecule has 0 radical (unpaired) electrons. The molecular weight excluding hydrogens is 801 g/mol. The Morgan fingerprint density at radius 2 is 1.59 bits per heavy atom. The minimum Gasteiger partial charge on any atom is -0.496 e. The molecule has 5 fully saturated rings. The van der Waals surface area contributed by atoms with E-state index >= 15 is 0 Å². The molecule has 2 atom stereocenters. The topological polar surface area (TPSA) is 175 Å². The maximum Gasteiger partial charge on any atom is 0.255 e. The summed E-state index contributed by atoms with van der Waals surface area (Å²) in [6.07, 6.45) is 3.02. The molecule has 0 aromatic heterocycles. The van der Waals surface area contributed by atoms with Crippen LogP contribution in [0.1, 0.15) is 104 Å². The first-order chi connectivity index (χ1) is 30.0. The second kappa shape index (κ2) is 17.3. The molecule has 2 unspecified atom stereocenters. The van der Waals surface area contributed by atoms with Gasteiger partial charge in [-0.05, 0) is 92.8 Å². The molecule has 336 valence electrons. The van der Waals surface area contributed by atoms with Crippen LogP contribution in [0.4, 0.5) is 5.69 Å². The van der Waals surface area contributed by atoms with E-state index in [1.165, 1.54) is 7.11 Å². The summed E-state index contributed by atoms with van der Waals surface area (Å²) in [4.78, 5) is 43.2. The average Bonchev–Trinajstić information content (AvgIpc) is 3.24. The lowest BCUT2D eigenvalue weighted by Crippen LogP contribution is -2.74. The van der Waals surface area contributed by atoms with E-state index < -0.39 is 18.2 Å². The molecule has 3 heterocycles. The Morgan fingerprint density at radius 3 is 2.22 bits per heavy atom. The molecule has 14 nitrogen and oxygen atoms in total. The quantitative estimate of drug-likeness (QED) is 0.194. The number of rotatable bonds is 11. The largest absolute Gasteiger partial charge is 0.496 e. The van der Waals surface area contributed by atoms with Crippen LogP contribution < -0.4 is 35.1 Å². The van der Waals surface area contributed by atoms with E-state index in [1.54, 1.807) is 18.2 Å². The molecule has 5 aliphatic rings. The van der Waals surface area contributed by atoms with Crippen LogP contribution in [0, 0.1) is 36.0 Å². The summed E-state index contributed by atoms with van der Waals surface area (Å²) in [6.45, 7) is 16.6. The lowest BCUT2D eigenvalue weighted by molar-refractivity contribution is -0.164. The molecule has 3 saturated heterocycles. The van der Waals surface area contributed by atoms with Crippen LogP contribution in [0.25, 0.3) is 0 Å². The predicted octanol–water partition coefficient (Wildman–Crippen LogP) is 5.40. The highest BCUT2D eigenvalue weighted by atomic mass is 16.5. The molecule has 2 aliphatic carbocycles. The van der Waals surface area contributed by atoms with E-state index in [-0.39, 0.29) is 52.9 Å². The molecule has 3 aromatic rings. The highest BCUT2D eigenvalue weighted by Gasteiger charge is 2.64. The summed E-state index contributed by atoms with van der Waals surface area (Å²) in [7, 11) is 1.51. The number of ether oxygens (including phenoxy) is 4. The SMILES string of the molecule is COc1cc(OC2CC(N3CCOC4(CCN(c5ccc(C(=O)NC6C(C)(C)C(Oc7cc(C)c(C#N)c(C)c7)C6(C)C)cc5)CC4)C3)C2)ccc1C(=O)NC1CCC(=O)NC1O. The van der Waals surface area contributed by atoms with Crippen LogP contribution in [-0.4, -0.2) is 110 Å². The molecule has 0 bridgehead atoms. The number of hydrogen-bond donors (Lipinski definition) is 4. The van der Waals surface area contributed by atoms with Crippen LogP contribution in [0.3, 0.4) is 0 Å². The summed E-state index contributed by atoms with van der Waals surface area (Å²) >= 11 is 0. The molecular formula is C49H62N6O8. The molecule has 3 amide bonds. The molecule has 14 heteroatoms. The monoisotopic (exact) mass is 862 g/mol. The normalized spacial score (nSPS) is 27.2. The van der Waals surface area contributed by atoms with E-state index in [9.17, 15) is 24.8 Å². The van der Waals surface area contributed by atoms with Crippen molar-refractivity contribution in [2.45, 2.75) is 122 Å². The number of aryl methyl sites for hydroxylation is 2. The molecule has 8 rings (SSSR count). The van der Waals surface area contributed by atoms with Crippen LogP contribution in [0.2, 0.25) is 0 Å². The fourth-order valence-electron chi connectivity index (χ4n) is 11.0. The van der Waals surface area contributed by atoms with Gasteiger partial charge in [0.1, 0.15) is 35.7 Å². The number of morpholine rings is 1. The van der Waals surface area contributed by atoms with Crippen LogP contribution >= 0.6 is 0 Å². The van der Waals surface area contributed by atoms with Gasteiger partial charge in [-0.1, -0.05) is 27.7 Å². The van der Waals surface area contributed by atoms with Crippen LogP contribution in [-0.2, 0) is 9.53 Å². The van der Waals surface area contributed by atoms with Crippen molar-refractivity contribution >= 4 is 23.4 Å². The Morgan fingerprint density at radius 1 is 0.905 bits per heavy atom. The summed E-state index contributed by atoms with van der Waals surface area (Å²) in [5, 5.41) is 28.3. The maximum absolute atomic E-state index is 13.6. The van der Waals surface area contributed by atoms with Crippen molar-refractivity contribution in [2.24, 2.45) is 10.8 Å². The molecule has 3 aliphatic heterocycles. The van der Waals surface area contributed by atoms with Crippen molar-refractivity contribution in [3.8, 4) is 23.3 Å². The van der Waals surface area contributed by atoms with E-state index in [0.29, 0.717) is 47.3 Å². The van der Waals surface area contributed by atoms with Gasteiger partial charge in [-0.15, -0.1) is 0 Å². The summed E-state index contributed by atoms with van der Waals surface area (Å²) in [6, 6.07) is 19.0. The number of amides is 3. The van der Waals surface area contributed by atoms with E-state index in [4.69, 9.17) is 18.9 Å². The smallest absolute Gasteiger partial charge is 0.255 e. The second-order valence-corrected chi connectivity index (χ2v) is 19.5. The number of methoxy groups -OCH3 is 1. The van der Waals surface area contributed by atoms with E-state index in [0.717, 1.165) is 74.4 Å². The Kier molecular flexibility index (Phi) is 12.2. The number of nitrogens with zero attached hydrogens (tertiary/aromatic N) is 3. The number of nitriles is 1. The van der Waals surface area contributed by atoms with Gasteiger partial charge in [0.2, 0.25) is 5.91 Å². The van der Waals surface area contributed by atoms with Crippen LogP contribution in [0.15, 0.2) is 54.6 Å². The molecule has 63 heavy (non-hydrogen) atoms. The van der Waals surface area contributed by atoms with Crippen molar-refractivity contribution in [3.63, 3.8) is 0 Å². The minimum absolute atomic E-state index is 0.0533. The van der Waals surface area contributed by atoms with Crippen molar-refractivity contribution in [1.82, 2.24) is 20.9 Å². The zero-order valence-corrected chi connectivity index (χ0v) is 37.6. The first-order valence-electron chi connectivity index (χ1n) is 22.3. The van der Waals surface area contributed by atoms with Gasteiger partial charge in [-0.25, -0.2) is 0 Å². The van der Waals surface area contributed by atoms with E-state index in [1.807, 2.05) is 38.1 Å². The maximum atomic E-state index is 13.6. The standard InChI is InChI=1S/C49H62N6O8/c1-29-22-35(23-30(2)38(29)27-50)63-46-47(3,4)45(48(46,5)6)53-42(57)31-8-10-32(11-9-31)54-18-16-49(17-19-54)28-55(20-21-61-49)33-24-36(25-33)62-34-12-13-37(40(26-34)60-7)43(58)51-39-14-15-41(56)52-44(39)59/h8-13,22-23,26,33,36,39,44-46,59H,14-21,24-25,28H2,1-7H3,(H,51,58)(H,52,56)(H,53,57). The third-order valence-corrected chi connectivity index (χ3v) is 14.4. The fourth-order valence-corrected chi connectivity index (χ4v) is 11.0. The molecule has 2 saturated carbocycles. The molecule has 4 N–H and O–H groups in total.